The molecule has 0 unspecified atom stereocenters. The van der Waals surface area contributed by atoms with Crippen molar-refractivity contribution in [3.8, 4) is 0 Å². The molecule has 1 saturated heterocycles. The normalized spacial score (nSPS) is 16.1. The van der Waals surface area contributed by atoms with Gasteiger partial charge in [0.25, 0.3) is 5.91 Å². The first-order chi connectivity index (χ1) is 16.5. The first-order valence-electron chi connectivity index (χ1n) is 10.5. The number of amides is 1. The number of benzene rings is 3. The van der Waals surface area contributed by atoms with Gasteiger partial charge in [0.05, 0.1) is 5.60 Å². The van der Waals surface area contributed by atoms with Gasteiger partial charge in [-0.15, -0.1) is 0 Å². The summed E-state index contributed by atoms with van der Waals surface area (Å²) in [5, 5.41) is 13.1. The van der Waals surface area contributed by atoms with E-state index in [0.717, 1.165) is 22.5 Å². The number of aliphatic hydroxyl groups is 1. The largest absolute Gasteiger partial charge is 0.385 e. The molecular formula is C24H20F4N2O4S. The first kappa shape index (κ1) is 24.8. The number of rotatable bonds is 5. The van der Waals surface area contributed by atoms with Crippen molar-refractivity contribution in [2.75, 3.05) is 18.4 Å². The third-order valence-corrected chi connectivity index (χ3v) is 7.83. The van der Waals surface area contributed by atoms with E-state index < -0.39 is 55.4 Å². The van der Waals surface area contributed by atoms with Crippen LogP contribution in [0.25, 0.3) is 0 Å². The van der Waals surface area contributed by atoms with Crippen LogP contribution in [-0.4, -0.2) is 36.8 Å². The van der Waals surface area contributed by atoms with Crippen LogP contribution in [0.4, 0.5) is 23.2 Å². The van der Waals surface area contributed by atoms with Gasteiger partial charge in [-0.3, -0.25) is 4.79 Å². The van der Waals surface area contributed by atoms with E-state index in [9.17, 15) is 35.9 Å². The van der Waals surface area contributed by atoms with Gasteiger partial charge in [-0.1, -0.05) is 30.3 Å². The summed E-state index contributed by atoms with van der Waals surface area (Å²) in [6, 6.07) is 12.5. The molecule has 1 fully saturated rings. The molecule has 0 bridgehead atoms. The predicted molar refractivity (Wildman–Crippen MR) is 119 cm³/mol. The van der Waals surface area contributed by atoms with E-state index in [1.54, 1.807) is 30.3 Å². The van der Waals surface area contributed by atoms with Crippen molar-refractivity contribution in [1.82, 2.24) is 4.31 Å². The average molecular weight is 508 g/mol. The number of carbonyl (C=O) groups is 1. The lowest BCUT2D eigenvalue weighted by molar-refractivity contribution is -0.00963. The summed E-state index contributed by atoms with van der Waals surface area (Å²) in [5.41, 5.74) is -1.28. The SMILES string of the molecule is O=C(Nc1cc(F)c(F)c(F)c1)c1ccc(F)c(S(=O)(=O)N2CCC(O)(c3ccccc3)CC2)c1. The van der Waals surface area contributed by atoms with E-state index in [4.69, 9.17) is 0 Å². The number of nitrogens with zero attached hydrogens (tertiary/aromatic N) is 1. The van der Waals surface area contributed by atoms with E-state index in [-0.39, 0.29) is 31.5 Å². The Balaban J connectivity index is 1.54. The van der Waals surface area contributed by atoms with Crippen LogP contribution in [0.3, 0.4) is 0 Å². The Labute approximate surface area is 198 Å². The summed E-state index contributed by atoms with van der Waals surface area (Å²) in [6.07, 6.45) is 0.166. The van der Waals surface area contributed by atoms with Gasteiger partial charge in [0.2, 0.25) is 10.0 Å². The second-order valence-corrected chi connectivity index (χ2v) is 10.1. The maximum Gasteiger partial charge on any atom is 0.255 e. The van der Waals surface area contributed by atoms with Crippen LogP contribution >= 0.6 is 0 Å². The highest BCUT2D eigenvalue weighted by molar-refractivity contribution is 7.89. The molecule has 0 radical (unpaired) electrons. The Bertz CT molecular complexity index is 1350. The minimum Gasteiger partial charge on any atom is -0.385 e. The Hall–Kier alpha value is -3.28. The molecule has 3 aromatic rings. The number of halogens is 4. The number of anilines is 1. The minimum absolute atomic E-state index is 0.0831. The van der Waals surface area contributed by atoms with Crippen LogP contribution in [0.5, 0.6) is 0 Å². The second-order valence-electron chi connectivity index (χ2n) is 8.15. The lowest BCUT2D eigenvalue weighted by Crippen LogP contribution is -2.45. The summed E-state index contributed by atoms with van der Waals surface area (Å²) >= 11 is 0. The molecule has 0 saturated carbocycles. The lowest BCUT2D eigenvalue weighted by atomic mass is 9.85. The molecule has 6 nitrogen and oxygen atoms in total. The molecule has 1 aliphatic heterocycles. The fraction of sp³-hybridized carbons (Fsp3) is 0.208. The molecule has 4 rings (SSSR count). The Morgan fingerprint density at radius 2 is 1.49 bits per heavy atom. The maximum absolute atomic E-state index is 14.6. The van der Waals surface area contributed by atoms with Crippen molar-refractivity contribution in [3.63, 3.8) is 0 Å². The maximum atomic E-state index is 14.6. The van der Waals surface area contributed by atoms with Crippen molar-refractivity contribution in [2.45, 2.75) is 23.3 Å². The van der Waals surface area contributed by atoms with E-state index >= 15 is 0 Å². The van der Waals surface area contributed by atoms with Crippen molar-refractivity contribution in [2.24, 2.45) is 0 Å². The number of piperidine rings is 1. The van der Waals surface area contributed by atoms with Gasteiger partial charge in [0.15, 0.2) is 17.5 Å². The molecule has 0 atom stereocenters. The van der Waals surface area contributed by atoms with Gasteiger partial charge in [-0.2, -0.15) is 4.31 Å². The Morgan fingerprint density at radius 3 is 2.09 bits per heavy atom. The van der Waals surface area contributed by atoms with Gasteiger partial charge < -0.3 is 10.4 Å². The van der Waals surface area contributed by atoms with Gasteiger partial charge >= 0.3 is 0 Å². The molecule has 3 aromatic carbocycles. The van der Waals surface area contributed by atoms with Crippen LogP contribution in [-0.2, 0) is 15.6 Å². The number of nitrogens with one attached hydrogen (secondary N) is 1. The van der Waals surface area contributed by atoms with Gasteiger partial charge in [0, 0.05) is 36.5 Å². The lowest BCUT2D eigenvalue weighted by Gasteiger charge is -2.37. The highest BCUT2D eigenvalue weighted by Gasteiger charge is 2.39. The van der Waals surface area contributed by atoms with Crippen molar-refractivity contribution >= 4 is 21.6 Å². The summed E-state index contributed by atoms with van der Waals surface area (Å²) in [4.78, 5) is 11.8. The predicted octanol–water partition coefficient (Wildman–Crippen LogP) is 4.17. The Kier molecular flexibility index (Phi) is 6.67. The molecule has 2 N–H and O–H groups in total. The molecule has 1 heterocycles. The summed E-state index contributed by atoms with van der Waals surface area (Å²) in [5.74, 6) is -6.83. The van der Waals surface area contributed by atoms with Gasteiger partial charge in [-0.05, 0) is 36.6 Å². The summed E-state index contributed by atoms with van der Waals surface area (Å²) in [7, 11) is -4.38. The smallest absolute Gasteiger partial charge is 0.255 e. The van der Waals surface area contributed by atoms with Crippen molar-refractivity contribution in [1.29, 1.82) is 0 Å². The first-order valence-corrected chi connectivity index (χ1v) is 12.0. The van der Waals surface area contributed by atoms with Crippen LogP contribution in [0.1, 0.15) is 28.8 Å². The zero-order chi connectivity index (χ0) is 25.4. The standard InChI is InChI=1S/C24H20F4N2O4S/c25-18-7-6-15(23(31)29-17-13-19(26)22(28)20(27)14-17)12-21(18)35(33,34)30-10-8-24(32,9-11-30)16-4-2-1-3-5-16/h1-7,12-14,32H,8-11H2,(H,29,31). The van der Waals surface area contributed by atoms with E-state index in [1.165, 1.54) is 0 Å². The number of sulfonamides is 1. The van der Waals surface area contributed by atoms with E-state index in [0.29, 0.717) is 17.7 Å². The number of hydrogen-bond donors (Lipinski definition) is 2. The minimum atomic E-state index is -4.38. The molecule has 0 aromatic heterocycles. The number of hydrogen-bond acceptors (Lipinski definition) is 4. The van der Waals surface area contributed by atoms with Crippen LogP contribution in [0.15, 0.2) is 65.6 Å². The molecule has 184 valence electrons. The zero-order valence-electron chi connectivity index (χ0n) is 18.1. The quantitative estimate of drug-likeness (QED) is 0.400. The van der Waals surface area contributed by atoms with Gasteiger partial charge in [0.1, 0.15) is 10.7 Å². The van der Waals surface area contributed by atoms with E-state index in [2.05, 4.69) is 5.32 Å². The molecule has 11 heteroatoms. The van der Waals surface area contributed by atoms with Crippen LogP contribution < -0.4 is 5.32 Å². The molecular weight excluding hydrogens is 488 g/mol. The number of carbonyl (C=O) groups excluding carboxylic acids is 1. The topological polar surface area (TPSA) is 86.7 Å². The monoisotopic (exact) mass is 508 g/mol. The summed E-state index contributed by atoms with van der Waals surface area (Å²) < 4.78 is 81.8. The molecule has 0 aliphatic carbocycles. The molecule has 1 aliphatic rings. The zero-order valence-corrected chi connectivity index (χ0v) is 19.0. The van der Waals surface area contributed by atoms with Crippen LogP contribution in [0.2, 0.25) is 0 Å². The highest BCUT2D eigenvalue weighted by Crippen LogP contribution is 2.35. The summed E-state index contributed by atoms with van der Waals surface area (Å²) in [6.45, 7) is -0.171. The second kappa shape index (κ2) is 9.40. The third-order valence-electron chi connectivity index (χ3n) is 5.91. The fourth-order valence-electron chi connectivity index (χ4n) is 3.95. The van der Waals surface area contributed by atoms with Crippen molar-refractivity contribution in [3.05, 3.63) is 95.1 Å². The van der Waals surface area contributed by atoms with E-state index in [1.807, 2.05) is 0 Å². The molecule has 35 heavy (non-hydrogen) atoms. The van der Waals surface area contributed by atoms with Gasteiger partial charge in [-0.25, -0.2) is 26.0 Å². The Morgan fingerprint density at radius 1 is 0.886 bits per heavy atom. The average Bonchev–Trinajstić information content (AvgIpc) is 2.83. The highest BCUT2D eigenvalue weighted by atomic mass is 32.2. The van der Waals surface area contributed by atoms with Crippen LogP contribution in [0, 0.1) is 23.3 Å². The fourth-order valence-corrected chi connectivity index (χ4v) is 5.48. The molecule has 0 spiro atoms. The van der Waals surface area contributed by atoms with Crippen molar-refractivity contribution < 1.29 is 35.9 Å². The third kappa shape index (κ3) is 4.93. The molecule has 1 amide bonds.